The van der Waals surface area contributed by atoms with Crippen LogP contribution in [0, 0.1) is 6.92 Å². The number of aromatic nitrogens is 1. The summed E-state index contributed by atoms with van der Waals surface area (Å²) in [6, 6.07) is 4.98. The topological polar surface area (TPSA) is 68.6 Å². The van der Waals surface area contributed by atoms with Gasteiger partial charge in [0, 0.05) is 10.9 Å². The molecule has 1 aromatic heterocycles. The van der Waals surface area contributed by atoms with Gasteiger partial charge in [-0.25, -0.2) is 18.4 Å². The molecule has 0 N–H and O–H groups in total. The highest BCUT2D eigenvalue weighted by Gasteiger charge is 2.27. The molecule has 2 heterocycles. The van der Waals surface area contributed by atoms with Gasteiger partial charge < -0.3 is 4.74 Å². The van der Waals surface area contributed by atoms with Gasteiger partial charge >= 0.3 is 5.23 Å². The van der Waals surface area contributed by atoms with E-state index >= 15 is 0 Å². The second-order valence-corrected chi connectivity index (χ2v) is 6.90. The summed E-state index contributed by atoms with van der Waals surface area (Å²) in [5, 5.41) is 1.70. The number of benzene rings is 1. The molecular formula is C13H12N2O3S2. The highest BCUT2D eigenvalue weighted by molar-refractivity contribution is 8.06. The number of ether oxygens (including phenoxy) is 1. The maximum absolute atomic E-state index is 12.4. The fourth-order valence-corrected chi connectivity index (χ4v) is 3.74. The van der Waals surface area contributed by atoms with E-state index in [-0.39, 0.29) is 10.1 Å². The van der Waals surface area contributed by atoms with E-state index in [9.17, 15) is 8.42 Å². The third-order valence-corrected chi connectivity index (χ3v) is 5.18. The molecule has 1 aliphatic heterocycles. The van der Waals surface area contributed by atoms with Gasteiger partial charge in [0.05, 0.1) is 22.6 Å². The predicted octanol–water partition coefficient (Wildman–Crippen LogP) is 2.28. The zero-order chi connectivity index (χ0) is 14.2. The third-order valence-electron chi connectivity index (χ3n) is 3.02. The monoisotopic (exact) mass is 308 g/mol. The summed E-state index contributed by atoms with van der Waals surface area (Å²) in [7, 11) is -3.67. The fraction of sp³-hybridized carbons (Fsp3) is 0.231. The molecule has 0 amide bonds. The molecule has 0 spiro atoms. The van der Waals surface area contributed by atoms with E-state index in [1.54, 1.807) is 23.7 Å². The molecule has 0 unspecified atom stereocenters. The number of rotatable bonds is 2. The summed E-state index contributed by atoms with van der Waals surface area (Å²) in [6.07, 6.45) is 0. The van der Waals surface area contributed by atoms with Crippen LogP contribution in [0.3, 0.4) is 0 Å². The Hall–Kier alpha value is -1.73. The van der Waals surface area contributed by atoms with Gasteiger partial charge in [0.1, 0.15) is 6.61 Å². The van der Waals surface area contributed by atoms with Crippen LogP contribution in [0.2, 0.25) is 0 Å². The standard InChI is InChI=1S/C13H12N2O3S2/c1-9-2-3-10(6-11(9)12-7-19-8-15-12)20(16,17)13-14-4-5-18-13/h2-3,6-8H,4-5H2,1H3. The zero-order valence-corrected chi connectivity index (χ0v) is 12.4. The Labute approximate surface area is 120 Å². The molecule has 3 rings (SSSR count). The largest absolute Gasteiger partial charge is 0.467 e. The molecule has 1 aliphatic rings. The highest BCUT2D eigenvalue weighted by atomic mass is 32.2. The normalized spacial score (nSPS) is 14.9. The molecule has 0 bridgehead atoms. The molecule has 0 saturated heterocycles. The number of sulfone groups is 1. The molecule has 0 atom stereocenters. The average Bonchev–Trinajstić information content (AvgIpc) is 3.12. The number of aliphatic imine (C=N–C) groups is 1. The first-order valence-corrected chi connectivity index (χ1v) is 8.43. The quantitative estimate of drug-likeness (QED) is 0.853. The lowest BCUT2D eigenvalue weighted by Gasteiger charge is -2.08. The SMILES string of the molecule is Cc1ccc(S(=O)(=O)C2=NCCO2)cc1-c1cscn1. The number of hydrogen-bond acceptors (Lipinski definition) is 6. The minimum Gasteiger partial charge on any atom is -0.467 e. The molecule has 0 aliphatic carbocycles. The van der Waals surface area contributed by atoms with Gasteiger partial charge in [-0.15, -0.1) is 11.3 Å². The molecule has 0 fully saturated rings. The van der Waals surface area contributed by atoms with Crippen molar-refractivity contribution in [1.29, 1.82) is 0 Å². The average molecular weight is 308 g/mol. The van der Waals surface area contributed by atoms with Gasteiger partial charge in [0.2, 0.25) is 0 Å². The van der Waals surface area contributed by atoms with E-state index in [0.717, 1.165) is 16.8 Å². The molecule has 2 aromatic rings. The van der Waals surface area contributed by atoms with Crippen molar-refractivity contribution in [3.8, 4) is 11.3 Å². The van der Waals surface area contributed by atoms with Crippen molar-refractivity contribution in [2.24, 2.45) is 4.99 Å². The Balaban J connectivity index is 2.10. The first-order valence-electron chi connectivity index (χ1n) is 6.00. The van der Waals surface area contributed by atoms with Crippen molar-refractivity contribution in [3.63, 3.8) is 0 Å². The molecule has 20 heavy (non-hydrogen) atoms. The lowest BCUT2D eigenvalue weighted by atomic mass is 10.1. The van der Waals surface area contributed by atoms with Crippen molar-refractivity contribution >= 4 is 26.4 Å². The Morgan fingerprint density at radius 2 is 2.20 bits per heavy atom. The van der Waals surface area contributed by atoms with Crippen molar-refractivity contribution in [1.82, 2.24) is 4.98 Å². The van der Waals surface area contributed by atoms with Gasteiger partial charge in [0.25, 0.3) is 9.84 Å². The molecule has 1 aromatic carbocycles. The summed E-state index contributed by atoms with van der Waals surface area (Å²) >= 11 is 1.47. The Morgan fingerprint density at radius 3 is 2.85 bits per heavy atom. The molecule has 104 valence electrons. The van der Waals surface area contributed by atoms with Gasteiger partial charge in [-0.05, 0) is 24.6 Å². The maximum Gasteiger partial charge on any atom is 0.310 e. The van der Waals surface area contributed by atoms with E-state index < -0.39 is 9.84 Å². The Bertz CT molecular complexity index is 765. The van der Waals surface area contributed by atoms with E-state index in [2.05, 4.69) is 9.98 Å². The smallest absolute Gasteiger partial charge is 0.310 e. The number of nitrogens with zero attached hydrogens (tertiary/aromatic N) is 2. The lowest BCUT2D eigenvalue weighted by Crippen LogP contribution is -2.15. The van der Waals surface area contributed by atoms with Crippen LogP contribution >= 0.6 is 11.3 Å². The molecular weight excluding hydrogens is 296 g/mol. The van der Waals surface area contributed by atoms with Gasteiger partial charge in [-0.1, -0.05) is 6.07 Å². The minimum atomic E-state index is -3.67. The molecule has 0 radical (unpaired) electrons. The minimum absolute atomic E-state index is 0.187. The summed E-state index contributed by atoms with van der Waals surface area (Å²) in [4.78, 5) is 8.31. The van der Waals surface area contributed by atoms with E-state index in [0.29, 0.717) is 13.2 Å². The van der Waals surface area contributed by atoms with Gasteiger partial charge in [-0.2, -0.15) is 0 Å². The van der Waals surface area contributed by atoms with Gasteiger partial charge in [-0.3, -0.25) is 0 Å². The molecule has 0 saturated carbocycles. The van der Waals surface area contributed by atoms with Crippen LogP contribution in [0.25, 0.3) is 11.3 Å². The number of thiazole rings is 1. The van der Waals surface area contributed by atoms with Crippen LogP contribution < -0.4 is 0 Å². The lowest BCUT2D eigenvalue weighted by molar-refractivity contribution is 0.353. The summed E-state index contributed by atoms with van der Waals surface area (Å²) < 4.78 is 29.9. The van der Waals surface area contributed by atoms with Crippen LogP contribution in [0.5, 0.6) is 0 Å². The van der Waals surface area contributed by atoms with Crippen LogP contribution in [-0.2, 0) is 14.6 Å². The van der Waals surface area contributed by atoms with Crippen molar-refractivity contribution in [2.75, 3.05) is 13.2 Å². The first-order chi connectivity index (χ1) is 9.59. The second-order valence-electron chi connectivity index (χ2n) is 4.35. The Kier molecular flexibility index (Phi) is 3.31. The fourth-order valence-electron chi connectivity index (χ4n) is 1.97. The molecule has 7 heteroatoms. The van der Waals surface area contributed by atoms with Crippen molar-refractivity contribution in [3.05, 3.63) is 34.7 Å². The van der Waals surface area contributed by atoms with Crippen LogP contribution in [-0.4, -0.2) is 31.8 Å². The van der Waals surface area contributed by atoms with Crippen LogP contribution in [0.15, 0.2) is 39.0 Å². The highest BCUT2D eigenvalue weighted by Crippen LogP contribution is 2.27. The van der Waals surface area contributed by atoms with Crippen LogP contribution in [0.4, 0.5) is 0 Å². The van der Waals surface area contributed by atoms with Gasteiger partial charge in [0.15, 0.2) is 0 Å². The maximum atomic E-state index is 12.4. The second kappa shape index (κ2) is 4.99. The molecule has 5 nitrogen and oxygen atoms in total. The van der Waals surface area contributed by atoms with E-state index in [4.69, 9.17) is 4.74 Å². The first kappa shape index (κ1) is 13.3. The summed E-state index contributed by atoms with van der Waals surface area (Å²) in [5.41, 5.74) is 4.29. The van der Waals surface area contributed by atoms with Crippen molar-refractivity contribution in [2.45, 2.75) is 11.8 Å². The number of hydrogen-bond donors (Lipinski definition) is 0. The van der Waals surface area contributed by atoms with E-state index in [1.807, 2.05) is 12.3 Å². The summed E-state index contributed by atoms with van der Waals surface area (Å²) in [6.45, 7) is 2.63. The zero-order valence-electron chi connectivity index (χ0n) is 10.7. The summed E-state index contributed by atoms with van der Waals surface area (Å²) in [5.74, 6) is 0. The van der Waals surface area contributed by atoms with E-state index in [1.165, 1.54) is 11.3 Å². The Morgan fingerprint density at radius 1 is 1.35 bits per heavy atom. The van der Waals surface area contributed by atoms with Crippen molar-refractivity contribution < 1.29 is 13.2 Å². The predicted molar refractivity (Wildman–Crippen MR) is 77.7 cm³/mol. The number of aryl methyl sites for hydroxylation is 1. The van der Waals surface area contributed by atoms with Crippen LogP contribution in [0.1, 0.15) is 5.56 Å². The third kappa shape index (κ3) is 2.23.